The summed E-state index contributed by atoms with van der Waals surface area (Å²) < 4.78 is 12.7. The van der Waals surface area contributed by atoms with Crippen molar-refractivity contribution >= 4 is 17.2 Å². The van der Waals surface area contributed by atoms with Gasteiger partial charge in [-0.3, -0.25) is 4.79 Å². The average Bonchev–Trinajstić information content (AvgIpc) is 2.75. The smallest absolute Gasteiger partial charge is 0.255 e. The van der Waals surface area contributed by atoms with Gasteiger partial charge >= 0.3 is 0 Å². The predicted octanol–water partition coefficient (Wildman–Crippen LogP) is 2.26. The Morgan fingerprint density at radius 1 is 1.50 bits per heavy atom. The molecule has 4 nitrogen and oxygen atoms in total. The van der Waals surface area contributed by atoms with Crippen molar-refractivity contribution < 1.29 is 9.18 Å². The Hall–Kier alpha value is -1.82. The number of hydrogen-bond acceptors (Lipinski definition) is 4. The van der Waals surface area contributed by atoms with Crippen molar-refractivity contribution in [3.63, 3.8) is 0 Å². The molecule has 2 aromatic rings. The molecule has 0 saturated heterocycles. The molecule has 0 radical (unpaired) electrons. The van der Waals surface area contributed by atoms with Crippen LogP contribution in [0.2, 0.25) is 0 Å². The van der Waals surface area contributed by atoms with Crippen LogP contribution in [-0.4, -0.2) is 27.8 Å². The van der Waals surface area contributed by atoms with E-state index >= 15 is 0 Å². The monoisotopic (exact) mass is 265 g/mol. The first-order valence-electron chi connectivity index (χ1n) is 5.34. The molecule has 0 aromatic carbocycles. The van der Waals surface area contributed by atoms with Crippen molar-refractivity contribution in [2.75, 3.05) is 7.05 Å². The molecule has 0 N–H and O–H groups in total. The number of thiazole rings is 1. The normalized spacial score (nSPS) is 10.4. The summed E-state index contributed by atoms with van der Waals surface area (Å²) >= 11 is 1.54. The highest BCUT2D eigenvalue weighted by Crippen LogP contribution is 2.11. The molecule has 0 atom stereocenters. The molecule has 0 unspecified atom stereocenters. The quantitative estimate of drug-likeness (QED) is 0.800. The summed E-state index contributed by atoms with van der Waals surface area (Å²) in [7, 11) is 1.68. The second-order valence-corrected chi connectivity index (χ2v) is 4.95. The van der Waals surface area contributed by atoms with E-state index in [2.05, 4.69) is 9.97 Å². The summed E-state index contributed by atoms with van der Waals surface area (Å²) in [6.45, 7) is 2.35. The summed E-state index contributed by atoms with van der Waals surface area (Å²) in [5, 5.41) is 2.89. The lowest BCUT2D eigenvalue weighted by Gasteiger charge is -2.15. The molecule has 2 rings (SSSR count). The van der Waals surface area contributed by atoms with E-state index in [1.54, 1.807) is 18.4 Å². The van der Waals surface area contributed by atoms with E-state index in [4.69, 9.17) is 0 Å². The van der Waals surface area contributed by atoms with Gasteiger partial charge < -0.3 is 4.90 Å². The van der Waals surface area contributed by atoms with Crippen LogP contribution >= 0.6 is 11.3 Å². The molecule has 1 amide bonds. The summed E-state index contributed by atoms with van der Waals surface area (Å²) in [6, 6.07) is 2.60. The third-order valence-corrected chi connectivity index (χ3v) is 3.21. The highest BCUT2D eigenvalue weighted by atomic mass is 32.1. The lowest BCUT2D eigenvalue weighted by Crippen LogP contribution is -2.26. The molecule has 0 saturated carbocycles. The van der Waals surface area contributed by atoms with Crippen molar-refractivity contribution in [1.82, 2.24) is 14.9 Å². The first-order chi connectivity index (χ1) is 8.56. The number of halogens is 1. The molecule has 0 spiro atoms. The number of carbonyl (C=O) groups is 1. The number of carbonyl (C=O) groups excluding carboxylic acids is 1. The minimum atomic E-state index is -0.593. The summed E-state index contributed by atoms with van der Waals surface area (Å²) in [4.78, 5) is 21.3. The first-order valence-corrected chi connectivity index (χ1v) is 6.22. The van der Waals surface area contributed by atoms with E-state index in [9.17, 15) is 9.18 Å². The molecule has 0 fully saturated rings. The number of aromatic nitrogens is 2. The van der Waals surface area contributed by atoms with Gasteiger partial charge in [0.1, 0.15) is 0 Å². The Kier molecular flexibility index (Phi) is 3.66. The largest absolute Gasteiger partial charge is 0.336 e. The Bertz CT molecular complexity index is 553. The van der Waals surface area contributed by atoms with Crippen molar-refractivity contribution in [2.45, 2.75) is 13.5 Å². The van der Waals surface area contributed by atoms with Gasteiger partial charge in [-0.25, -0.2) is 9.97 Å². The van der Waals surface area contributed by atoms with E-state index in [1.165, 1.54) is 23.2 Å². The van der Waals surface area contributed by atoms with Gasteiger partial charge in [0.2, 0.25) is 5.95 Å². The Balaban J connectivity index is 2.07. The van der Waals surface area contributed by atoms with Gasteiger partial charge in [-0.1, -0.05) is 0 Å². The van der Waals surface area contributed by atoms with Gasteiger partial charge in [0.15, 0.2) is 0 Å². The molecule has 94 valence electrons. The van der Waals surface area contributed by atoms with Crippen molar-refractivity contribution in [2.24, 2.45) is 0 Å². The molecule has 2 aromatic heterocycles. The van der Waals surface area contributed by atoms with Crippen LogP contribution in [0.1, 0.15) is 21.1 Å². The highest BCUT2D eigenvalue weighted by molar-refractivity contribution is 7.09. The Morgan fingerprint density at radius 2 is 2.28 bits per heavy atom. The van der Waals surface area contributed by atoms with Crippen molar-refractivity contribution in [1.29, 1.82) is 0 Å². The van der Waals surface area contributed by atoms with Crippen LogP contribution in [0.4, 0.5) is 4.39 Å². The van der Waals surface area contributed by atoms with Crippen LogP contribution < -0.4 is 0 Å². The van der Waals surface area contributed by atoms with E-state index < -0.39 is 5.95 Å². The molecule has 0 aliphatic rings. The Morgan fingerprint density at radius 3 is 2.83 bits per heavy atom. The number of amides is 1. The molecule has 0 bridgehead atoms. The molecule has 18 heavy (non-hydrogen) atoms. The second kappa shape index (κ2) is 5.22. The van der Waals surface area contributed by atoms with Crippen molar-refractivity contribution in [3.05, 3.63) is 45.9 Å². The zero-order chi connectivity index (χ0) is 13.1. The van der Waals surface area contributed by atoms with Crippen LogP contribution in [0, 0.1) is 12.9 Å². The topological polar surface area (TPSA) is 46.1 Å². The number of pyridine rings is 1. The average molecular weight is 265 g/mol. The van der Waals surface area contributed by atoms with Gasteiger partial charge in [0.05, 0.1) is 22.8 Å². The molecule has 6 heteroatoms. The molecule has 0 aliphatic heterocycles. The van der Waals surface area contributed by atoms with Crippen LogP contribution in [0.5, 0.6) is 0 Å². The number of hydrogen-bond donors (Lipinski definition) is 0. The lowest BCUT2D eigenvalue weighted by atomic mass is 10.2. The van der Waals surface area contributed by atoms with Gasteiger partial charge in [-0.15, -0.1) is 11.3 Å². The van der Waals surface area contributed by atoms with Crippen LogP contribution in [0.25, 0.3) is 0 Å². The fourth-order valence-corrected chi connectivity index (χ4v) is 2.12. The summed E-state index contributed by atoms with van der Waals surface area (Å²) in [5.74, 6) is -0.794. The van der Waals surface area contributed by atoms with Crippen LogP contribution in [-0.2, 0) is 6.54 Å². The van der Waals surface area contributed by atoms with E-state index in [0.29, 0.717) is 12.1 Å². The van der Waals surface area contributed by atoms with E-state index in [0.717, 1.165) is 10.7 Å². The van der Waals surface area contributed by atoms with Crippen molar-refractivity contribution in [3.8, 4) is 0 Å². The third kappa shape index (κ3) is 2.89. The maximum Gasteiger partial charge on any atom is 0.255 e. The van der Waals surface area contributed by atoms with Crippen LogP contribution in [0.3, 0.4) is 0 Å². The standard InChI is InChI=1S/C12H12FN3OS/c1-8-15-10(7-18-8)6-16(2)12(17)9-3-4-11(13)14-5-9/h3-5,7H,6H2,1-2H3. The van der Waals surface area contributed by atoms with Crippen LogP contribution in [0.15, 0.2) is 23.7 Å². The maximum absolute atomic E-state index is 12.7. The number of nitrogens with zero attached hydrogens (tertiary/aromatic N) is 3. The minimum Gasteiger partial charge on any atom is -0.336 e. The zero-order valence-corrected chi connectivity index (χ0v) is 10.9. The van der Waals surface area contributed by atoms with E-state index in [1.807, 2.05) is 12.3 Å². The predicted molar refractivity (Wildman–Crippen MR) is 66.8 cm³/mol. The van der Waals surface area contributed by atoms with E-state index in [-0.39, 0.29) is 5.91 Å². The highest BCUT2D eigenvalue weighted by Gasteiger charge is 2.13. The van der Waals surface area contributed by atoms with Gasteiger partial charge in [0, 0.05) is 18.6 Å². The molecular weight excluding hydrogens is 253 g/mol. The molecule has 2 heterocycles. The summed E-state index contributed by atoms with van der Waals surface area (Å²) in [5.41, 5.74) is 1.22. The van der Waals surface area contributed by atoms with Gasteiger partial charge in [-0.05, 0) is 19.1 Å². The fourth-order valence-electron chi connectivity index (χ4n) is 1.52. The Labute approximate surface area is 108 Å². The summed E-state index contributed by atoms with van der Waals surface area (Å²) in [6.07, 6.45) is 1.24. The van der Waals surface area contributed by atoms with Gasteiger partial charge in [-0.2, -0.15) is 4.39 Å². The second-order valence-electron chi connectivity index (χ2n) is 3.89. The fraction of sp³-hybridized carbons (Fsp3) is 0.250. The molecule has 0 aliphatic carbocycles. The lowest BCUT2D eigenvalue weighted by molar-refractivity contribution is 0.0783. The number of aryl methyl sites for hydroxylation is 1. The third-order valence-electron chi connectivity index (χ3n) is 2.39. The first kappa shape index (κ1) is 12.6. The minimum absolute atomic E-state index is 0.201. The number of rotatable bonds is 3. The zero-order valence-electron chi connectivity index (χ0n) is 10.1. The van der Waals surface area contributed by atoms with Gasteiger partial charge in [0.25, 0.3) is 5.91 Å². The maximum atomic E-state index is 12.7. The SMILES string of the molecule is Cc1nc(CN(C)C(=O)c2ccc(F)nc2)cs1. The molecular formula is C12H12FN3OS.